The van der Waals surface area contributed by atoms with Gasteiger partial charge in [-0.05, 0) is 37.3 Å². The van der Waals surface area contributed by atoms with Crippen LogP contribution in [0.1, 0.15) is 33.1 Å². The summed E-state index contributed by atoms with van der Waals surface area (Å²) in [7, 11) is 0. The van der Waals surface area contributed by atoms with Crippen LogP contribution in [0.25, 0.3) is 10.9 Å². The molecule has 1 aliphatic heterocycles. The van der Waals surface area contributed by atoms with Gasteiger partial charge >= 0.3 is 0 Å². The standard InChI is InChI=1S/C18H24N2O2S/c1-13(2)11-20-17(21)15-8-3-4-9-16(15)19-18(20)23-12-14-7-5-6-10-22-14/h3-4,8-9,13-14H,5-7,10-12H2,1-2H3. The molecule has 1 atom stereocenters. The van der Waals surface area contributed by atoms with Crippen LogP contribution in [0.5, 0.6) is 0 Å². The van der Waals surface area contributed by atoms with Crippen molar-refractivity contribution in [1.82, 2.24) is 9.55 Å². The molecule has 4 nitrogen and oxygen atoms in total. The summed E-state index contributed by atoms with van der Waals surface area (Å²) < 4.78 is 7.64. The third kappa shape index (κ3) is 3.96. The topological polar surface area (TPSA) is 44.1 Å². The van der Waals surface area contributed by atoms with E-state index in [1.54, 1.807) is 11.8 Å². The van der Waals surface area contributed by atoms with Gasteiger partial charge in [0.05, 0.1) is 17.0 Å². The number of nitrogens with zero attached hydrogens (tertiary/aromatic N) is 2. The van der Waals surface area contributed by atoms with Crippen molar-refractivity contribution in [3.8, 4) is 0 Å². The number of benzene rings is 1. The molecule has 0 saturated carbocycles. The lowest BCUT2D eigenvalue weighted by atomic mass is 10.1. The van der Waals surface area contributed by atoms with Gasteiger partial charge in [-0.3, -0.25) is 9.36 Å². The van der Waals surface area contributed by atoms with Gasteiger partial charge in [0, 0.05) is 18.9 Å². The highest BCUT2D eigenvalue weighted by Crippen LogP contribution is 2.23. The number of thioether (sulfide) groups is 1. The number of rotatable bonds is 5. The summed E-state index contributed by atoms with van der Waals surface area (Å²) in [6.45, 7) is 5.81. The highest BCUT2D eigenvalue weighted by molar-refractivity contribution is 7.99. The van der Waals surface area contributed by atoms with Gasteiger partial charge in [-0.15, -0.1) is 0 Å². The van der Waals surface area contributed by atoms with Crippen LogP contribution in [-0.4, -0.2) is 28.0 Å². The Morgan fingerprint density at radius 2 is 2.17 bits per heavy atom. The van der Waals surface area contributed by atoms with E-state index < -0.39 is 0 Å². The maximum atomic E-state index is 12.8. The largest absolute Gasteiger partial charge is 0.377 e. The van der Waals surface area contributed by atoms with E-state index >= 15 is 0 Å². The smallest absolute Gasteiger partial charge is 0.262 e. The predicted molar refractivity (Wildman–Crippen MR) is 95.2 cm³/mol. The Hall–Kier alpha value is -1.33. The van der Waals surface area contributed by atoms with E-state index in [1.807, 2.05) is 28.8 Å². The molecule has 0 N–H and O–H groups in total. The van der Waals surface area contributed by atoms with Crippen LogP contribution in [0, 0.1) is 5.92 Å². The normalized spacial score (nSPS) is 18.7. The van der Waals surface area contributed by atoms with Crippen LogP contribution >= 0.6 is 11.8 Å². The summed E-state index contributed by atoms with van der Waals surface area (Å²) >= 11 is 1.65. The zero-order chi connectivity index (χ0) is 16.2. The van der Waals surface area contributed by atoms with E-state index in [2.05, 4.69) is 13.8 Å². The molecule has 1 aliphatic rings. The molecule has 0 bridgehead atoms. The molecular weight excluding hydrogens is 308 g/mol. The molecule has 23 heavy (non-hydrogen) atoms. The molecule has 0 amide bonds. The molecule has 1 aromatic heterocycles. The Morgan fingerprint density at radius 3 is 2.91 bits per heavy atom. The maximum Gasteiger partial charge on any atom is 0.262 e. The van der Waals surface area contributed by atoms with E-state index in [-0.39, 0.29) is 11.7 Å². The number of ether oxygens (including phenoxy) is 1. The highest BCUT2D eigenvalue weighted by Gasteiger charge is 2.17. The summed E-state index contributed by atoms with van der Waals surface area (Å²) in [6.07, 6.45) is 3.78. The zero-order valence-corrected chi connectivity index (χ0v) is 14.6. The predicted octanol–water partition coefficient (Wildman–Crippen LogP) is 3.71. The second kappa shape index (κ2) is 7.49. The molecule has 1 fully saturated rings. The molecule has 2 aromatic rings. The molecular formula is C18H24N2O2S. The fourth-order valence-corrected chi connectivity index (χ4v) is 3.96. The molecule has 0 spiro atoms. The summed E-state index contributed by atoms with van der Waals surface area (Å²) in [5, 5.41) is 1.52. The van der Waals surface area contributed by atoms with E-state index in [0.717, 1.165) is 35.9 Å². The Labute approximate surface area is 141 Å². The lowest BCUT2D eigenvalue weighted by Crippen LogP contribution is -2.27. The lowest BCUT2D eigenvalue weighted by Gasteiger charge is -2.22. The van der Waals surface area contributed by atoms with Crippen molar-refractivity contribution in [3.63, 3.8) is 0 Å². The van der Waals surface area contributed by atoms with Gasteiger partial charge in [0.2, 0.25) is 0 Å². The summed E-state index contributed by atoms with van der Waals surface area (Å²) in [6, 6.07) is 7.60. The van der Waals surface area contributed by atoms with Crippen molar-refractivity contribution in [2.45, 2.75) is 50.9 Å². The monoisotopic (exact) mass is 332 g/mol. The molecule has 2 heterocycles. The van der Waals surface area contributed by atoms with Crippen molar-refractivity contribution in [2.24, 2.45) is 5.92 Å². The number of fused-ring (bicyclic) bond motifs is 1. The second-order valence-corrected chi connectivity index (χ2v) is 7.51. The minimum atomic E-state index is 0.0661. The third-order valence-electron chi connectivity index (χ3n) is 4.05. The average molecular weight is 332 g/mol. The Kier molecular flexibility index (Phi) is 5.38. The molecule has 1 unspecified atom stereocenters. The van der Waals surface area contributed by atoms with Gasteiger partial charge in [0.15, 0.2) is 5.16 Å². The molecule has 3 rings (SSSR count). The Balaban J connectivity index is 1.91. The van der Waals surface area contributed by atoms with Crippen LogP contribution in [0.3, 0.4) is 0 Å². The second-order valence-electron chi connectivity index (χ2n) is 6.52. The first-order valence-corrected chi connectivity index (χ1v) is 9.37. The van der Waals surface area contributed by atoms with Crippen molar-refractivity contribution in [2.75, 3.05) is 12.4 Å². The quantitative estimate of drug-likeness (QED) is 0.618. The third-order valence-corrected chi connectivity index (χ3v) is 5.15. The molecule has 5 heteroatoms. The summed E-state index contributed by atoms with van der Waals surface area (Å²) in [4.78, 5) is 17.6. The SMILES string of the molecule is CC(C)Cn1c(SCC2CCCCO2)nc2ccccc2c1=O. The molecule has 0 aliphatic carbocycles. The van der Waals surface area contributed by atoms with Gasteiger partial charge in [-0.25, -0.2) is 4.98 Å². The molecule has 124 valence electrons. The molecule has 0 radical (unpaired) electrons. The number of aromatic nitrogens is 2. The van der Waals surface area contributed by atoms with Gasteiger partial charge in [-0.1, -0.05) is 37.7 Å². The van der Waals surface area contributed by atoms with Crippen LogP contribution < -0.4 is 5.56 Å². The van der Waals surface area contributed by atoms with Crippen LogP contribution in [0.4, 0.5) is 0 Å². The number of para-hydroxylation sites is 1. The van der Waals surface area contributed by atoms with Crippen molar-refractivity contribution in [3.05, 3.63) is 34.6 Å². The van der Waals surface area contributed by atoms with Gasteiger partial charge in [0.25, 0.3) is 5.56 Å². The minimum Gasteiger partial charge on any atom is -0.377 e. The van der Waals surface area contributed by atoms with Crippen LogP contribution in [-0.2, 0) is 11.3 Å². The Morgan fingerprint density at radius 1 is 1.35 bits per heavy atom. The fourth-order valence-electron chi connectivity index (χ4n) is 2.89. The van der Waals surface area contributed by atoms with E-state index in [0.29, 0.717) is 17.8 Å². The number of hydrogen-bond donors (Lipinski definition) is 0. The first-order chi connectivity index (χ1) is 11.1. The van der Waals surface area contributed by atoms with E-state index in [9.17, 15) is 4.79 Å². The van der Waals surface area contributed by atoms with E-state index in [1.165, 1.54) is 6.42 Å². The van der Waals surface area contributed by atoms with Crippen molar-refractivity contribution in [1.29, 1.82) is 0 Å². The highest BCUT2D eigenvalue weighted by atomic mass is 32.2. The number of hydrogen-bond acceptors (Lipinski definition) is 4. The first kappa shape index (κ1) is 16.5. The first-order valence-electron chi connectivity index (χ1n) is 8.39. The Bertz CT molecular complexity index is 721. The minimum absolute atomic E-state index is 0.0661. The summed E-state index contributed by atoms with van der Waals surface area (Å²) in [5.41, 5.74) is 0.848. The van der Waals surface area contributed by atoms with Crippen LogP contribution in [0.15, 0.2) is 34.2 Å². The fraction of sp³-hybridized carbons (Fsp3) is 0.556. The average Bonchev–Trinajstić information content (AvgIpc) is 2.56. The van der Waals surface area contributed by atoms with Crippen molar-refractivity contribution >= 4 is 22.7 Å². The van der Waals surface area contributed by atoms with Gasteiger partial charge in [-0.2, -0.15) is 0 Å². The van der Waals surface area contributed by atoms with E-state index in [4.69, 9.17) is 9.72 Å². The van der Waals surface area contributed by atoms with Crippen molar-refractivity contribution < 1.29 is 4.74 Å². The van der Waals surface area contributed by atoms with Crippen LogP contribution in [0.2, 0.25) is 0 Å². The van der Waals surface area contributed by atoms with Gasteiger partial charge in [0.1, 0.15) is 0 Å². The maximum absolute atomic E-state index is 12.8. The van der Waals surface area contributed by atoms with Gasteiger partial charge < -0.3 is 4.74 Å². The molecule has 1 saturated heterocycles. The molecule has 1 aromatic carbocycles. The summed E-state index contributed by atoms with van der Waals surface area (Å²) in [5.74, 6) is 1.27. The zero-order valence-electron chi connectivity index (χ0n) is 13.8. The lowest BCUT2D eigenvalue weighted by molar-refractivity contribution is 0.0315.